The van der Waals surface area contributed by atoms with Gasteiger partial charge in [-0.25, -0.2) is 4.79 Å². The maximum Gasteiger partial charge on any atom is 0.319 e. The Hall–Kier alpha value is -1.75. The summed E-state index contributed by atoms with van der Waals surface area (Å²) in [7, 11) is 1.59. The second-order valence-electron chi connectivity index (χ2n) is 5.09. The smallest absolute Gasteiger partial charge is 0.319 e. The summed E-state index contributed by atoms with van der Waals surface area (Å²) in [6, 6.07) is 7.19. The third-order valence-corrected chi connectivity index (χ3v) is 3.48. The highest BCUT2D eigenvalue weighted by Crippen LogP contribution is 2.23. The maximum atomic E-state index is 12.1. The van der Waals surface area contributed by atoms with E-state index < -0.39 is 0 Å². The fraction of sp³-hybridized carbons (Fsp3) is 0.500. The Morgan fingerprint density at radius 1 is 1.32 bits per heavy atom. The predicted octanol–water partition coefficient (Wildman–Crippen LogP) is 1.96. The lowest BCUT2D eigenvalue weighted by molar-refractivity contribution is 0.225. The van der Waals surface area contributed by atoms with Crippen molar-refractivity contribution >= 4 is 11.7 Å². The van der Waals surface area contributed by atoms with Crippen molar-refractivity contribution in [3.8, 4) is 5.75 Å². The molecule has 0 atom stereocenters. The molecule has 0 aliphatic carbocycles. The van der Waals surface area contributed by atoms with E-state index in [0.717, 1.165) is 25.9 Å². The molecule has 1 saturated heterocycles. The number of benzene rings is 1. The zero-order chi connectivity index (χ0) is 13.7. The van der Waals surface area contributed by atoms with E-state index in [2.05, 4.69) is 22.9 Å². The first kappa shape index (κ1) is 13.7. The summed E-state index contributed by atoms with van der Waals surface area (Å²) in [6.07, 6.45) is 1.87. The number of rotatable bonds is 3. The van der Waals surface area contributed by atoms with Crippen molar-refractivity contribution in [2.24, 2.45) is 0 Å². The van der Waals surface area contributed by atoms with Crippen LogP contribution in [0.2, 0.25) is 0 Å². The minimum Gasteiger partial charge on any atom is -0.495 e. The molecular weight excluding hydrogens is 242 g/mol. The van der Waals surface area contributed by atoms with E-state index in [9.17, 15) is 4.79 Å². The number of hydrogen-bond acceptors (Lipinski definition) is 3. The van der Waals surface area contributed by atoms with Crippen molar-refractivity contribution in [1.29, 1.82) is 0 Å². The molecule has 0 radical (unpaired) electrons. The Bertz CT molecular complexity index is 442. The van der Waals surface area contributed by atoms with Gasteiger partial charge in [0.15, 0.2) is 0 Å². The molecule has 0 unspecified atom stereocenters. The summed E-state index contributed by atoms with van der Waals surface area (Å²) >= 11 is 0. The monoisotopic (exact) mass is 263 g/mol. The summed E-state index contributed by atoms with van der Waals surface area (Å²) in [5.41, 5.74) is 0.539. The zero-order valence-electron chi connectivity index (χ0n) is 11.5. The fourth-order valence-corrected chi connectivity index (χ4v) is 2.28. The molecule has 3 N–H and O–H groups in total. The topological polar surface area (TPSA) is 62.4 Å². The average Bonchev–Trinajstić information content (AvgIpc) is 2.39. The van der Waals surface area contributed by atoms with Gasteiger partial charge in [0.05, 0.1) is 12.8 Å². The number of nitrogens with one attached hydrogen (secondary N) is 3. The molecule has 19 heavy (non-hydrogen) atoms. The molecule has 1 fully saturated rings. The molecule has 1 aliphatic rings. The van der Waals surface area contributed by atoms with Crippen molar-refractivity contribution in [3.05, 3.63) is 24.3 Å². The molecule has 0 aromatic heterocycles. The van der Waals surface area contributed by atoms with Crippen LogP contribution in [0, 0.1) is 0 Å². The first-order chi connectivity index (χ1) is 9.13. The molecule has 5 nitrogen and oxygen atoms in total. The summed E-state index contributed by atoms with van der Waals surface area (Å²) in [6.45, 7) is 3.95. The van der Waals surface area contributed by atoms with Crippen LogP contribution in [0.15, 0.2) is 24.3 Å². The number of hydrogen-bond donors (Lipinski definition) is 3. The van der Waals surface area contributed by atoms with Crippen molar-refractivity contribution in [2.45, 2.75) is 25.3 Å². The number of amides is 2. The Morgan fingerprint density at radius 3 is 2.68 bits per heavy atom. The third-order valence-electron chi connectivity index (χ3n) is 3.48. The van der Waals surface area contributed by atoms with Crippen LogP contribution < -0.4 is 20.7 Å². The molecule has 5 heteroatoms. The normalized spacial score (nSPS) is 17.6. The quantitative estimate of drug-likeness (QED) is 0.781. The fourth-order valence-electron chi connectivity index (χ4n) is 2.28. The standard InChI is InChI=1S/C14H21N3O2/c1-14(7-9-15-10-8-14)17-13(18)16-11-5-3-4-6-12(11)19-2/h3-6,15H,7-10H2,1-2H3,(H2,16,17,18). The minimum atomic E-state index is -0.186. The molecule has 104 valence electrons. The molecule has 2 amide bonds. The summed E-state index contributed by atoms with van der Waals surface area (Å²) in [5, 5.41) is 9.18. The van der Waals surface area contributed by atoms with Gasteiger partial charge in [-0.15, -0.1) is 0 Å². The lowest BCUT2D eigenvalue weighted by Crippen LogP contribution is -2.53. The first-order valence-corrected chi connectivity index (χ1v) is 6.56. The van der Waals surface area contributed by atoms with Gasteiger partial charge in [0, 0.05) is 5.54 Å². The zero-order valence-corrected chi connectivity index (χ0v) is 11.5. The Morgan fingerprint density at radius 2 is 2.00 bits per heavy atom. The largest absolute Gasteiger partial charge is 0.495 e. The van der Waals surface area contributed by atoms with Crippen LogP contribution in [-0.4, -0.2) is 31.8 Å². The first-order valence-electron chi connectivity index (χ1n) is 6.56. The number of para-hydroxylation sites is 2. The van der Waals surface area contributed by atoms with Crippen LogP contribution in [0.4, 0.5) is 10.5 Å². The molecule has 0 saturated carbocycles. The second kappa shape index (κ2) is 5.93. The number of carbonyl (C=O) groups is 1. The van der Waals surface area contributed by atoms with Gasteiger partial charge in [0.1, 0.15) is 5.75 Å². The number of carbonyl (C=O) groups excluding carboxylic acids is 1. The Labute approximate surface area is 113 Å². The summed E-state index contributed by atoms with van der Waals surface area (Å²) < 4.78 is 5.21. The van der Waals surface area contributed by atoms with E-state index >= 15 is 0 Å². The molecule has 1 aliphatic heterocycles. The van der Waals surface area contributed by atoms with E-state index in [0.29, 0.717) is 11.4 Å². The number of urea groups is 1. The van der Waals surface area contributed by atoms with E-state index in [4.69, 9.17) is 4.74 Å². The van der Waals surface area contributed by atoms with E-state index in [1.54, 1.807) is 7.11 Å². The minimum absolute atomic E-state index is 0.142. The Kier molecular flexibility index (Phi) is 4.27. The molecule has 1 aromatic carbocycles. The van der Waals surface area contributed by atoms with E-state index in [-0.39, 0.29) is 11.6 Å². The Balaban J connectivity index is 1.97. The van der Waals surface area contributed by atoms with Gasteiger partial charge >= 0.3 is 6.03 Å². The summed E-state index contributed by atoms with van der Waals surface area (Å²) in [5.74, 6) is 0.660. The number of anilines is 1. The predicted molar refractivity (Wildman–Crippen MR) is 75.7 cm³/mol. The van der Waals surface area contributed by atoms with Crippen LogP contribution in [0.1, 0.15) is 19.8 Å². The molecule has 2 rings (SSSR count). The highest BCUT2D eigenvalue weighted by molar-refractivity contribution is 5.91. The molecule has 0 bridgehead atoms. The van der Waals surface area contributed by atoms with Gasteiger partial charge in [-0.1, -0.05) is 12.1 Å². The van der Waals surface area contributed by atoms with Crippen molar-refractivity contribution in [2.75, 3.05) is 25.5 Å². The van der Waals surface area contributed by atoms with Crippen molar-refractivity contribution < 1.29 is 9.53 Å². The molecular formula is C14H21N3O2. The van der Waals surface area contributed by atoms with Crippen LogP contribution >= 0.6 is 0 Å². The lowest BCUT2D eigenvalue weighted by Gasteiger charge is -2.34. The SMILES string of the molecule is COc1ccccc1NC(=O)NC1(C)CCNCC1. The van der Waals surface area contributed by atoms with Crippen molar-refractivity contribution in [3.63, 3.8) is 0 Å². The van der Waals surface area contributed by atoms with Gasteiger partial charge in [-0.3, -0.25) is 0 Å². The maximum absolute atomic E-state index is 12.1. The third kappa shape index (κ3) is 3.61. The van der Waals surface area contributed by atoms with Gasteiger partial charge in [0.2, 0.25) is 0 Å². The average molecular weight is 263 g/mol. The van der Waals surface area contributed by atoms with Gasteiger partial charge in [0.25, 0.3) is 0 Å². The highest BCUT2D eigenvalue weighted by Gasteiger charge is 2.28. The number of ether oxygens (including phenoxy) is 1. The van der Waals surface area contributed by atoms with Crippen LogP contribution in [0.25, 0.3) is 0 Å². The molecule has 1 heterocycles. The van der Waals surface area contributed by atoms with Crippen molar-refractivity contribution in [1.82, 2.24) is 10.6 Å². The van der Waals surface area contributed by atoms with E-state index in [1.807, 2.05) is 24.3 Å². The second-order valence-corrected chi connectivity index (χ2v) is 5.09. The van der Waals surface area contributed by atoms with Crippen LogP contribution in [0.3, 0.4) is 0 Å². The number of methoxy groups -OCH3 is 1. The van der Waals surface area contributed by atoms with Gasteiger partial charge in [-0.05, 0) is 45.0 Å². The van der Waals surface area contributed by atoms with Gasteiger partial charge in [-0.2, -0.15) is 0 Å². The van der Waals surface area contributed by atoms with Crippen LogP contribution in [0.5, 0.6) is 5.75 Å². The number of piperidine rings is 1. The molecule has 0 spiro atoms. The molecule has 1 aromatic rings. The highest BCUT2D eigenvalue weighted by atomic mass is 16.5. The lowest BCUT2D eigenvalue weighted by atomic mass is 9.91. The summed E-state index contributed by atoms with van der Waals surface area (Å²) in [4.78, 5) is 12.1. The van der Waals surface area contributed by atoms with Crippen LogP contribution in [-0.2, 0) is 0 Å². The van der Waals surface area contributed by atoms with Gasteiger partial charge < -0.3 is 20.7 Å². The van der Waals surface area contributed by atoms with E-state index in [1.165, 1.54) is 0 Å².